The molecule has 40 heavy (non-hydrogen) atoms. The summed E-state index contributed by atoms with van der Waals surface area (Å²) in [5.74, 6) is 0.977. The van der Waals surface area contributed by atoms with Gasteiger partial charge >= 0.3 is 5.97 Å². The first kappa shape index (κ1) is 28.1. The molecule has 3 aromatic rings. The van der Waals surface area contributed by atoms with Gasteiger partial charge < -0.3 is 23.8 Å². The zero-order valence-electron chi connectivity index (χ0n) is 23.9. The summed E-state index contributed by atoms with van der Waals surface area (Å²) in [6, 6.07) is 18.3. The van der Waals surface area contributed by atoms with Crippen molar-refractivity contribution in [2.75, 3.05) is 31.2 Å². The number of nitrogens with zero attached hydrogens (tertiary/aromatic N) is 3. The van der Waals surface area contributed by atoms with E-state index < -0.39 is 11.6 Å². The van der Waals surface area contributed by atoms with Crippen LogP contribution in [0.25, 0.3) is 0 Å². The topological polar surface area (TPSA) is 83.0 Å². The minimum Gasteiger partial charge on any atom is -0.484 e. The number of hydrogen-bond donors (Lipinski definition) is 0. The fraction of sp³-hybridized carbons (Fsp3) is 0.469. The highest BCUT2D eigenvalue weighted by Gasteiger charge is 2.27. The minimum absolute atomic E-state index is 0.195. The Morgan fingerprint density at radius 3 is 2.30 bits per heavy atom. The Labute approximate surface area is 236 Å². The van der Waals surface area contributed by atoms with E-state index in [4.69, 9.17) is 28.9 Å². The number of benzene rings is 2. The number of ether oxygens (including phenoxy) is 4. The van der Waals surface area contributed by atoms with E-state index in [0.29, 0.717) is 49.4 Å². The van der Waals surface area contributed by atoms with Gasteiger partial charge in [0.2, 0.25) is 0 Å². The standard InChI is InChI=1S/C32H39N3O5/c1-22-29(39-21-24-8-6-5-7-9-24)28(30(36)40-32(2,3)4)34-27(33-22)20-23-14-16-35(17-15-23)26-12-10-25(11-13-26)31-37-18-19-38-31/h5-13,23,31H,14-21H2,1-4H3. The van der Waals surface area contributed by atoms with Gasteiger partial charge in [-0.25, -0.2) is 14.8 Å². The van der Waals surface area contributed by atoms with Gasteiger partial charge in [-0.15, -0.1) is 0 Å². The molecule has 0 bridgehead atoms. The van der Waals surface area contributed by atoms with Gasteiger partial charge in [0.1, 0.15) is 18.0 Å². The predicted molar refractivity (Wildman–Crippen MR) is 152 cm³/mol. The van der Waals surface area contributed by atoms with Crippen molar-refractivity contribution in [2.24, 2.45) is 5.92 Å². The summed E-state index contributed by atoms with van der Waals surface area (Å²) >= 11 is 0. The number of aromatic nitrogens is 2. The van der Waals surface area contributed by atoms with Crippen LogP contribution in [-0.4, -0.2) is 47.8 Å². The molecule has 3 heterocycles. The molecule has 212 valence electrons. The first-order chi connectivity index (χ1) is 19.2. The van der Waals surface area contributed by atoms with Gasteiger partial charge in [0.15, 0.2) is 17.7 Å². The molecule has 2 aliphatic heterocycles. The Hall–Kier alpha value is -3.49. The second kappa shape index (κ2) is 12.4. The maximum Gasteiger partial charge on any atom is 0.361 e. The molecule has 0 spiro atoms. The Bertz CT molecular complexity index is 1280. The Kier molecular flexibility index (Phi) is 8.66. The molecule has 0 radical (unpaired) electrons. The van der Waals surface area contributed by atoms with E-state index in [1.807, 2.05) is 58.0 Å². The van der Waals surface area contributed by atoms with Crippen molar-refractivity contribution in [2.45, 2.75) is 65.5 Å². The summed E-state index contributed by atoms with van der Waals surface area (Å²) < 4.78 is 23.0. The monoisotopic (exact) mass is 545 g/mol. The number of rotatable bonds is 8. The Balaban J connectivity index is 1.25. The molecule has 0 N–H and O–H groups in total. The molecule has 8 heteroatoms. The number of carbonyl (C=O) groups excluding carboxylic acids is 1. The van der Waals surface area contributed by atoms with Crippen LogP contribution in [-0.2, 0) is 27.2 Å². The van der Waals surface area contributed by atoms with E-state index in [1.165, 1.54) is 5.69 Å². The van der Waals surface area contributed by atoms with E-state index >= 15 is 0 Å². The molecule has 2 aliphatic rings. The molecule has 0 atom stereocenters. The summed E-state index contributed by atoms with van der Waals surface area (Å²) in [7, 11) is 0. The van der Waals surface area contributed by atoms with Gasteiger partial charge in [0.05, 0.1) is 18.9 Å². The fourth-order valence-corrected chi connectivity index (χ4v) is 5.13. The van der Waals surface area contributed by atoms with Crippen molar-refractivity contribution in [3.63, 3.8) is 0 Å². The quantitative estimate of drug-likeness (QED) is 0.327. The number of hydrogen-bond acceptors (Lipinski definition) is 8. The molecular weight excluding hydrogens is 506 g/mol. The molecule has 0 unspecified atom stereocenters. The third kappa shape index (κ3) is 7.17. The Morgan fingerprint density at radius 1 is 0.975 bits per heavy atom. The van der Waals surface area contributed by atoms with Crippen molar-refractivity contribution in [3.05, 3.63) is 82.9 Å². The summed E-state index contributed by atoms with van der Waals surface area (Å²) in [6.07, 6.45) is 2.50. The third-order valence-electron chi connectivity index (χ3n) is 7.14. The summed E-state index contributed by atoms with van der Waals surface area (Å²) in [5, 5.41) is 0. The van der Waals surface area contributed by atoms with Crippen LogP contribution in [0.15, 0.2) is 54.6 Å². The molecule has 2 saturated heterocycles. The molecule has 5 rings (SSSR count). The van der Waals surface area contributed by atoms with Gasteiger partial charge in [-0.2, -0.15) is 0 Å². The molecule has 0 saturated carbocycles. The lowest BCUT2D eigenvalue weighted by Crippen LogP contribution is -2.34. The highest BCUT2D eigenvalue weighted by atomic mass is 16.7. The lowest BCUT2D eigenvalue weighted by atomic mass is 9.92. The van der Waals surface area contributed by atoms with Crippen molar-refractivity contribution in [1.82, 2.24) is 9.97 Å². The normalized spacial score (nSPS) is 16.8. The molecule has 8 nitrogen and oxygen atoms in total. The SMILES string of the molecule is Cc1nc(CC2CCN(c3ccc(C4OCCO4)cc3)CC2)nc(C(=O)OC(C)(C)C)c1OCc1ccccc1. The summed E-state index contributed by atoms with van der Waals surface area (Å²) in [4.78, 5) is 25.1. The van der Waals surface area contributed by atoms with Crippen molar-refractivity contribution in [1.29, 1.82) is 0 Å². The first-order valence-electron chi connectivity index (χ1n) is 14.1. The number of carbonyl (C=O) groups is 1. The summed E-state index contributed by atoms with van der Waals surface area (Å²) in [5.41, 5.74) is 3.47. The lowest BCUT2D eigenvalue weighted by molar-refractivity contribution is -0.0441. The van der Waals surface area contributed by atoms with E-state index in [9.17, 15) is 4.79 Å². The van der Waals surface area contributed by atoms with Crippen LogP contribution in [0.4, 0.5) is 5.69 Å². The minimum atomic E-state index is -0.644. The van der Waals surface area contributed by atoms with Gasteiger partial charge in [-0.3, -0.25) is 0 Å². The van der Waals surface area contributed by atoms with Crippen LogP contribution in [0, 0.1) is 12.8 Å². The van der Waals surface area contributed by atoms with Gasteiger partial charge in [-0.05, 0) is 64.2 Å². The second-order valence-corrected chi connectivity index (χ2v) is 11.5. The van der Waals surface area contributed by atoms with Crippen LogP contribution in [0.3, 0.4) is 0 Å². The van der Waals surface area contributed by atoms with Crippen LogP contribution < -0.4 is 9.64 Å². The maximum absolute atomic E-state index is 13.2. The maximum atomic E-state index is 13.2. The zero-order valence-corrected chi connectivity index (χ0v) is 23.9. The highest BCUT2D eigenvalue weighted by Crippen LogP contribution is 2.30. The lowest BCUT2D eigenvalue weighted by Gasteiger charge is -2.33. The first-order valence-corrected chi connectivity index (χ1v) is 14.1. The van der Waals surface area contributed by atoms with Gasteiger partial charge in [0, 0.05) is 30.8 Å². The molecule has 0 amide bonds. The third-order valence-corrected chi connectivity index (χ3v) is 7.14. The average molecular weight is 546 g/mol. The van der Waals surface area contributed by atoms with Gasteiger partial charge in [0.25, 0.3) is 0 Å². The number of aryl methyl sites for hydroxylation is 1. The fourth-order valence-electron chi connectivity index (χ4n) is 5.13. The van der Waals surface area contributed by atoms with E-state index in [2.05, 4.69) is 29.2 Å². The Morgan fingerprint density at radius 2 is 1.65 bits per heavy atom. The van der Waals surface area contributed by atoms with Crippen LogP contribution in [0.1, 0.15) is 73.0 Å². The smallest absolute Gasteiger partial charge is 0.361 e. The molecule has 1 aromatic heterocycles. The van der Waals surface area contributed by atoms with Gasteiger partial charge in [-0.1, -0.05) is 42.5 Å². The van der Waals surface area contributed by atoms with Crippen molar-refractivity contribution < 1.29 is 23.7 Å². The van der Waals surface area contributed by atoms with Crippen LogP contribution >= 0.6 is 0 Å². The number of esters is 1. The van der Waals surface area contributed by atoms with Crippen LogP contribution in [0.5, 0.6) is 5.75 Å². The van der Waals surface area contributed by atoms with E-state index in [0.717, 1.165) is 37.1 Å². The predicted octanol–water partition coefficient (Wildman–Crippen LogP) is 5.82. The van der Waals surface area contributed by atoms with Crippen LogP contribution in [0.2, 0.25) is 0 Å². The summed E-state index contributed by atoms with van der Waals surface area (Å²) in [6.45, 7) is 10.9. The van der Waals surface area contributed by atoms with E-state index in [1.54, 1.807) is 0 Å². The van der Waals surface area contributed by atoms with E-state index in [-0.39, 0.29) is 12.0 Å². The zero-order chi connectivity index (χ0) is 28.1. The number of anilines is 1. The molecule has 2 fully saturated rings. The van der Waals surface area contributed by atoms with Crippen molar-refractivity contribution in [3.8, 4) is 5.75 Å². The molecule has 0 aliphatic carbocycles. The average Bonchev–Trinajstić information content (AvgIpc) is 3.48. The largest absolute Gasteiger partial charge is 0.484 e. The molecular formula is C32H39N3O5. The van der Waals surface area contributed by atoms with Crippen molar-refractivity contribution >= 4 is 11.7 Å². The second-order valence-electron chi connectivity index (χ2n) is 11.5. The highest BCUT2D eigenvalue weighted by molar-refractivity contribution is 5.90. The number of piperidine rings is 1. The molecule has 2 aromatic carbocycles.